The average molecular weight is 417 g/mol. The number of hydrogen-bond acceptors (Lipinski definition) is 3. The van der Waals surface area contributed by atoms with Crippen LogP contribution in [0.2, 0.25) is 0 Å². The summed E-state index contributed by atoms with van der Waals surface area (Å²) in [5, 5.41) is 3.03. The molecule has 1 N–H and O–H groups in total. The predicted molar refractivity (Wildman–Crippen MR) is 122 cm³/mol. The van der Waals surface area contributed by atoms with Crippen LogP contribution >= 0.6 is 11.8 Å². The largest absolute Gasteiger partial charge is 0.334 e. The van der Waals surface area contributed by atoms with Gasteiger partial charge in [0.15, 0.2) is 0 Å². The molecule has 30 heavy (non-hydrogen) atoms. The molecule has 4 rings (SSSR count). The van der Waals surface area contributed by atoms with Crippen molar-refractivity contribution >= 4 is 29.3 Å². The first-order valence-corrected chi connectivity index (χ1v) is 11.1. The van der Waals surface area contributed by atoms with Gasteiger partial charge in [-0.05, 0) is 59.7 Å². The topological polar surface area (TPSA) is 49.4 Å². The summed E-state index contributed by atoms with van der Waals surface area (Å²) in [4.78, 5) is 28.5. The molecule has 0 unspecified atom stereocenters. The standard InChI is InChI=1S/C25H24N2O2S/c1-2-30-23-11-7-6-10-22(23)24(28)26-21-13-12-18-14-15-27(17-20(18)16-21)25(29)19-8-4-3-5-9-19/h3-13,16H,2,14-15,17H2,1H3,(H,26,28). The van der Waals surface area contributed by atoms with E-state index in [1.54, 1.807) is 11.8 Å². The van der Waals surface area contributed by atoms with E-state index in [0.717, 1.165) is 28.3 Å². The van der Waals surface area contributed by atoms with Gasteiger partial charge in [-0.25, -0.2) is 0 Å². The summed E-state index contributed by atoms with van der Waals surface area (Å²) in [5.74, 6) is 0.842. The van der Waals surface area contributed by atoms with E-state index in [1.165, 1.54) is 5.56 Å². The van der Waals surface area contributed by atoms with Crippen molar-refractivity contribution in [3.63, 3.8) is 0 Å². The number of anilines is 1. The highest BCUT2D eigenvalue weighted by Crippen LogP contribution is 2.26. The van der Waals surface area contributed by atoms with Crippen LogP contribution in [0.4, 0.5) is 5.69 Å². The van der Waals surface area contributed by atoms with E-state index < -0.39 is 0 Å². The van der Waals surface area contributed by atoms with Crippen LogP contribution in [-0.2, 0) is 13.0 Å². The van der Waals surface area contributed by atoms with Gasteiger partial charge in [0, 0.05) is 29.2 Å². The van der Waals surface area contributed by atoms with Crippen molar-refractivity contribution in [1.82, 2.24) is 4.90 Å². The monoisotopic (exact) mass is 416 g/mol. The van der Waals surface area contributed by atoms with Gasteiger partial charge in [-0.3, -0.25) is 9.59 Å². The van der Waals surface area contributed by atoms with Crippen LogP contribution in [0.3, 0.4) is 0 Å². The van der Waals surface area contributed by atoms with Crippen LogP contribution in [0, 0.1) is 0 Å². The number of hydrogen-bond donors (Lipinski definition) is 1. The summed E-state index contributed by atoms with van der Waals surface area (Å²) in [7, 11) is 0. The molecule has 0 spiro atoms. The molecule has 0 aromatic heterocycles. The summed E-state index contributed by atoms with van der Waals surface area (Å²) < 4.78 is 0. The van der Waals surface area contributed by atoms with Crippen molar-refractivity contribution < 1.29 is 9.59 Å². The zero-order valence-electron chi connectivity index (χ0n) is 16.9. The maximum Gasteiger partial charge on any atom is 0.256 e. The molecule has 5 heteroatoms. The number of nitrogens with zero attached hydrogens (tertiary/aromatic N) is 1. The van der Waals surface area contributed by atoms with Gasteiger partial charge in [0.25, 0.3) is 11.8 Å². The second-order valence-electron chi connectivity index (χ2n) is 7.21. The normalized spacial score (nSPS) is 12.9. The second-order valence-corrected chi connectivity index (χ2v) is 8.52. The maximum absolute atomic E-state index is 12.8. The van der Waals surface area contributed by atoms with E-state index in [0.29, 0.717) is 24.2 Å². The van der Waals surface area contributed by atoms with E-state index >= 15 is 0 Å². The first kappa shape index (κ1) is 20.2. The molecule has 0 atom stereocenters. The van der Waals surface area contributed by atoms with Gasteiger partial charge in [-0.2, -0.15) is 0 Å². The van der Waals surface area contributed by atoms with Gasteiger partial charge < -0.3 is 10.2 Å². The summed E-state index contributed by atoms with van der Waals surface area (Å²) >= 11 is 1.66. The van der Waals surface area contributed by atoms with Gasteiger partial charge in [0.1, 0.15) is 0 Å². The molecular weight excluding hydrogens is 392 g/mol. The number of carbonyl (C=O) groups is 2. The molecule has 1 heterocycles. The van der Waals surface area contributed by atoms with E-state index in [1.807, 2.05) is 71.6 Å². The summed E-state index contributed by atoms with van der Waals surface area (Å²) in [5.41, 5.74) is 4.45. The minimum absolute atomic E-state index is 0.0428. The Kier molecular flexibility index (Phi) is 6.19. The quantitative estimate of drug-likeness (QED) is 0.578. The molecule has 2 amide bonds. The molecule has 0 saturated heterocycles. The van der Waals surface area contributed by atoms with E-state index in [4.69, 9.17) is 0 Å². The molecule has 152 valence electrons. The Hall–Kier alpha value is -3.05. The van der Waals surface area contributed by atoms with Gasteiger partial charge in [0.2, 0.25) is 0 Å². The highest BCUT2D eigenvalue weighted by Gasteiger charge is 2.22. The number of rotatable bonds is 5. The zero-order chi connectivity index (χ0) is 20.9. The third kappa shape index (κ3) is 4.41. The second kappa shape index (κ2) is 9.18. The molecular formula is C25H24N2O2S. The lowest BCUT2D eigenvalue weighted by atomic mass is 9.98. The Balaban J connectivity index is 1.51. The number of carbonyl (C=O) groups excluding carboxylic acids is 2. The van der Waals surface area contributed by atoms with Crippen LogP contribution in [0.25, 0.3) is 0 Å². The van der Waals surface area contributed by atoms with Crippen molar-refractivity contribution in [2.45, 2.75) is 24.8 Å². The van der Waals surface area contributed by atoms with Crippen LogP contribution in [0.15, 0.2) is 77.7 Å². The zero-order valence-corrected chi connectivity index (χ0v) is 17.7. The molecule has 3 aromatic rings. The highest BCUT2D eigenvalue weighted by atomic mass is 32.2. The average Bonchev–Trinajstić information content (AvgIpc) is 2.79. The van der Waals surface area contributed by atoms with Gasteiger partial charge in [-0.15, -0.1) is 11.8 Å². The van der Waals surface area contributed by atoms with Crippen molar-refractivity contribution in [3.05, 3.63) is 95.1 Å². The van der Waals surface area contributed by atoms with E-state index in [2.05, 4.69) is 18.3 Å². The van der Waals surface area contributed by atoms with E-state index in [9.17, 15) is 9.59 Å². The van der Waals surface area contributed by atoms with Crippen LogP contribution in [0.5, 0.6) is 0 Å². The van der Waals surface area contributed by atoms with Crippen molar-refractivity contribution in [2.75, 3.05) is 17.6 Å². The Bertz CT molecular complexity index is 1070. The van der Waals surface area contributed by atoms with Crippen LogP contribution < -0.4 is 5.32 Å². The highest BCUT2D eigenvalue weighted by molar-refractivity contribution is 7.99. The fraction of sp³-hybridized carbons (Fsp3) is 0.200. The number of nitrogens with one attached hydrogen (secondary N) is 1. The Labute approximate surface area is 181 Å². The molecule has 1 aliphatic heterocycles. The number of thioether (sulfide) groups is 1. The third-order valence-corrected chi connectivity index (χ3v) is 6.17. The van der Waals surface area contributed by atoms with Gasteiger partial charge in [0.05, 0.1) is 5.56 Å². The van der Waals surface area contributed by atoms with Crippen molar-refractivity contribution in [3.8, 4) is 0 Å². The smallest absolute Gasteiger partial charge is 0.256 e. The SMILES string of the molecule is CCSc1ccccc1C(=O)Nc1ccc2c(c1)CN(C(=O)c1ccccc1)CC2. The molecule has 0 saturated carbocycles. The molecule has 0 radical (unpaired) electrons. The fourth-order valence-electron chi connectivity index (χ4n) is 3.71. The summed E-state index contributed by atoms with van der Waals surface area (Å²) in [6, 6.07) is 23.0. The van der Waals surface area contributed by atoms with Gasteiger partial charge >= 0.3 is 0 Å². The maximum atomic E-state index is 12.8. The Morgan fingerprint density at radius 1 is 0.967 bits per heavy atom. The van der Waals surface area contributed by atoms with Gasteiger partial charge in [-0.1, -0.05) is 43.3 Å². The number of amides is 2. The predicted octanol–water partition coefficient (Wildman–Crippen LogP) is 5.25. The third-order valence-electron chi connectivity index (χ3n) is 5.22. The number of benzene rings is 3. The fourth-order valence-corrected chi connectivity index (χ4v) is 4.51. The minimum Gasteiger partial charge on any atom is -0.334 e. The first-order chi connectivity index (χ1) is 14.7. The minimum atomic E-state index is -0.112. The first-order valence-electron chi connectivity index (χ1n) is 10.1. The molecule has 0 aliphatic carbocycles. The van der Waals surface area contributed by atoms with Crippen molar-refractivity contribution in [2.24, 2.45) is 0 Å². The molecule has 3 aromatic carbocycles. The lowest BCUT2D eigenvalue weighted by Gasteiger charge is -2.29. The Morgan fingerprint density at radius 3 is 2.53 bits per heavy atom. The summed E-state index contributed by atoms with van der Waals surface area (Å²) in [6.45, 7) is 3.33. The van der Waals surface area contributed by atoms with Crippen LogP contribution in [-0.4, -0.2) is 29.0 Å². The van der Waals surface area contributed by atoms with E-state index in [-0.39, 0.29) is 11.8 Å². The lowest BCUT2D eigenvalue weighted by Crippen LogP contribution is -2.36. The summed E-state index contributed by atoms with van der Waals surface area (Å²) in [6.07, 6.45) is 0.818. The van der Waals surface area contributed by atoms with Crippen LogP contribution in [0.1, 0.15) is 38.8 Å². The molecule has 1 aliphatic rings. The lowest BCUT2D eigenvalue weighted by molar-refractivity contribution is 0.0734. The molecule has 0 bridgehead atoms. The molecule has 4 nitrogen and oxygen atoms in total. The molecule has 0 fully saturated rings. The Morgan fingerprint density at radius 2 is 1.73 bits per heavy atom. The number of fused-ring (bicyclic) bond motifs is 1. The van der Waals surface area contributed by atoms with Crippen molar-refractivity contribution in [1.29, 1.82) is 0 Å².